The SMILES string of the molecule is CCN1Cc2ccccc2CC1C(=O)N1CC(n2nc(C)cc2C)C1. The van der Waals surface area contributed by atoms with E-state index in [9.17, 15) is 4.79 Å². The summed E-state index contributed by atoms with van der Waals surface area (Å²) in [7, 11) is 0. The van der Waals surface area contributed by atoms with Crippen LogP contribution in [0.25, 0.3) is 0 Å². The minimum atomic E-state index is -0.0266. The van der Waals surface area contributed by atoms with E-state index in [1.165, 1.54) is 16.8 Å². The van der Waals surface area contributed by atoms with Crippen LogP contribution in [0.1, 0.15) is 35.5 Å². The lowest BCUT2D eigenvalue weighted by Gasteiger charge is -2.44. The Morgan fingerprint density at radius 1 is 1.20 bits per heavy atom. The van der Waals surface area contributed by atoms with Crippen molar-refractivity contribution in [2.75, 3.05) is 19.6 Å². The Bertz CT molecular complexity index is 791. The van der Waals surface area contributed by atoms with E-state index in [0.29, 0.717) is 6.04 Å². The van der Waals surface area contributed by atoms with Crippen LogP contribution in [0.4, 0.5) is 0 Å². The van der Waals surface area contributed by atoms with Crippen LogP contribution in [-0.4, -0.2) is 51.2 Å². The third-order valence-electron chi connectivity index (χ3n) is 5.60. The van der Waals surface area contributed by atoms with Gasteiger partial charge in [0.1, 0.15) is 0 Å². The summed E-state index contributed by atoms with van der Waals surface area (Å²) in [5.41, 5.74) is 4.90. The molecule has 1 aromatic carbocycles. The van der Waals surface area contributed by atoms with Gasteiger partial charge >= 0.3 is 0 Å². The number of carbonyl (C=O) groups excluding carboxylic acids is 1. The first-order chi connectivity index (χ1) is 12.1. The number of rotatable bonds is 3. The van der Waals surface area contributed by atoms with E-state index >= 15 is 0 Å². The number of carbonyl (C=O) groups is 1. The van der Waals surface area contributed by atoms with Gasteiger partial charge in [0, 0.05) is 25.3 Å². The molecule has 1 amide bonds. The smallest absolute Gasteiger partial charge is 0.240 e. The summed E-state index contributed by atoms with van der Waals surface area (Å²) in [4.78, 5) is 17.4. The van der Waals surface area contributed by atoms with Crippen molar-refractivity contribution in [3.8, 4) is 0 Å². The molecule has 1 unspecified atom stereocenters. The molecule has 1 aromatic heterocycles. The Hall–Kier alpha value is -2.14. The number of hydrogen-bond acceptors (Lipinski definition) is 3. The molecule has 0 N–H and O–H groups in total. The molecule has 0 bridgehead atoms. The lowest BCUT2D eigenvalue weighted by Crippen LogP contribution is -2.58. The van der Waals surface area contributed by atoms with Crippen molar-refractivity contribution in [1.29, 1.82) is 0 Å². The standard InChI is InChI=1S/C20H26N4O/c1-4-22-11-17-8-6-5-7-16(17)10-19(22)20(25)23-12-18(13-23)24-15(3)9-14(2)21-24/h5-9,18-19H,4,10-13H2,1-3H3. The molecule has 0 aliphatic carbocycles. The maximum atomic E-state index is 13.1. The molecule has 0 saturated carbocycles. The first-order valence-electron chi connectivity index (χ1n) is 9.19. The Balaban J connectivity index is 1.46. The zero-order valence-corrected chi connectivity index (χ0v) is 15.3. The van der Waals surface area contributed by atoms with Crippen LogP contribution >= 0.6 is 0 Å². The molecular formula is C20H26N4O. The third kappa shape index (κ3) is 2.86. The largest absolute Gasteiger partial charge is 0.337 e. The van der Waals surface area contributed by atoms with Gasteiger partial charge < -0.3 is 4.90 Å². The number of benzene rings is 1. The molecule has 2 aromatic rings. The predicted octanol–water partition coefficient (Wildman–Crippen LogP) is 2.33. The molecule has 25 heavy (non-hydrogen) atoms. The van der Waals surface area contributed by atoms with Crippen molar-refractivity contribution in [3.05, 3.63) is 52.8 Å². The van der Waals surface area contributed by atoms with Gasteiger partial charge in [0.15, 0.2) is 0 Å². The third-order valence-corrected chi connectivity index (χ3v) is 5.60. The van der Waals surface area contributed by atoms with Crippen LogP contribution < -0.4 is 0 Å². The summed E-state index contributed by atoms with van der Waals surface area (Å²) in [5.74, 6) is 0.272. The first-order valence-corrected chi connectivity index (χ1v) is 9.19. The topological polar surface area (TPSA) is 41.4 Å². The molecular weight excluding hydrogens is 312 g/mol. The van der Waals surface area contributed by atoms with E-state index in [4.69, 9.17) is 0 Å². The van der Waals surface area contributed by atoms with Crippen molar-refractivity contribution in [2.45, 2.75) is 45.8 Å². The molecule has 2 aliphatic heterocycles. The minimum Gasteiger partial charge on any atom is -0.337 e. The van der Waals surface area contributed by atoms with Gasteiger partial charge in [0.25, 0.3) is 0 Å². The second kappa shape index (κ2) is 6.30. The van der Waals surface area contributed by atoms with Gasteiger partial charge in [-0.25, -0.2) is 0 Å². The lowest BCUT2D eigenvalue weighted by atomic mass is 9.92. The van der Waals surface area contributed by atoms with Gasteiger partial charge in [-0.15, -0.1) is 0 Å². The van der Waals surface area contributed by atoms with E-state index in [0.717, 1.165) is 38.3 Å². The van der Waals surface area contributed by atoms with Crippen LogP contribution in [-0.2, 0) is 17.8 Å². The van der Waals surface area contributed by atoms with Crippen molar-refractivity contribution in [2.24, 2.45) is 0 Å². The highest BCUT2D eigenvalue weighted by Crippen LogP contribution is 2.28. The van der Waals surface area contributed by atoms with Gasteiger partial charge in [0.2, 0.25) is 5.91 Å². The van der Waals surface area contributed by atoms with E-state index in [1.54, 1.807) is 0 Å². The summed E-state index contributed by atoms with van der Waals surface area (Å²) in [6.07, 6.45) is 0.823. The fourth-order valence-electron chi connectivity index (χ4n) is 4.17. The lowest BCUT2D eigenvalue weighted by molar-refractivity contribution is -0.143. The molecule has 2 aliphatic rings. The van der Waals surface area contributed by atoms with E-state index in [2.05, 4.69) is 58.9 Å². The number of fused-ring (bicyclic) bond motifs is 1. The number of amides is 1. The second-order valence-corrected chi connectivity index (χ2v) is 7.32. The van der Waals surface area contributed by atoms with Crippen LogP contribution in [0.15, 0.2) is 30.3 Å². The molecule has 0 radical (unpaired) electrons. The molecule has 132 valence electrons. The van der Waals surface area contributed by atoms with Crippen LogP contribution in [0, 0.1) is 13.8 Å². The molecule has 5 heteroatoms. The van der Waals surface area contributed by atoms with Crippen molar-refractivity contribution in [3.63, 3.8) is 0 Å². The number of aryl methyl sites for hydroxylation is 2. The summed E-state index contributed by atoms with van der Waals surface area (Å²) < 4.78 is 2.08. The monoisotopic (exact) mass is 338 g/mol. The summed E-state index contributed by atoms with van der Waals surface area (Å²) >= 11 is 0. The number of likely N-dealkylation sites (tertiary alicyclic amines) is 1. The molecule has 0 spiro atoms. The average molecular weight is 338 g/mol. The normalized spacial score (nSPS) is 21.1. The fraction of sp³-hybridized carbons (Fsp3) is 0.500. The van der Waals surface area contributed by atoms with Gasteiger partial charge in [-0.3, -0.25) is 14.4 Å². The Labute approximate surface area is 149 Å². The summed E-state index contributed by atoms with van der Waals surface area (Å²) in [5, 5.41) is 4.57. The maximum absolute atomic E-state index is 13.1. The van der Waals surface area contributed by atoms with Gasteiger partial charge in [-0.1, -0.05) is 31.2 Å². The average Bonchev–Trinajstić information content (AvgIpc) is 2.90. The molecule has 1 saturated heterocycles. The Morgan fingerprint density at radius 3 is 2.56 bits per heavy atom. The number of nitrogens with zero attached hydrogens (tertiary/aromatic N) is 4. The summed E-state index contributed by atoms with van der Waals surface area (Å²) in [6.45, 7) is 9.57. The van der Waals surface area contributed by atoms with Gasteiger partial charge in [-0.05, 0) is 44.0 Å². The number of hydrogen-bond donors (Lipinski definition) is 0. The molecule has 1 atom stereocenters. The highest BCUT2D eigenvalue weighted by atomic mass is 16.2. The fourth-order valence-corrected chi connectivity index (χ4v) is 4.17. The van der Waals surface area contributed by atoms with Gasteiger partial charge in [-0.2, -0.15) is 5.10 Å². The van der Waals surface area contributed by atoms with Crippen LogP contribution in [0.5, 0.6) is 0 Å². The molecule has 4 rings (SSSR count). The highest BCUT2D eigenvalue weighted by Gasteiger charge is 2.39. The van der Waals surface area contributed by atoms with Crippen LogP contribution in [0.2, 0.25) is 0 Å². The predicted molar refractivity (Wildman–Crippen MR) is 97.3 cm³/mol. The quantitative estimate of drug-likeness (QED) is 0.862. The van der Waals surface area contributed by atoms with Crippen molar-refractivity contribution in [1.82, 2.24) is 19.6 Å². The summed E-state index contributed by atoms with van der Waals surface area (Å²) in [6, 6.07) is 10.9. The van der Waals surface area contributed by atoms with Crippen molar-refractivity contribution >= 4 is 5.91 Å². The minimum absolute atomic E-state index is 0.0266. The van der Waals surface area contributed by atoms with E-state index in [-0.39, 0.29) is 11.9 Å². The molecule has 5 nitrogen and oxygen atoms in total. The Kier molecular flexibility index (Phi) is 4.12. The van der Waals surface area contributed by atoms with E-state index < -0.39 is 0 Å². The van der Waals surface area contributed by atoms with Crippen LogP contribution in [0.3, 0.4) is 0 Å². The highest BCUT2D eigenvalue weighted by molar-refractivity contribution is 5.83. The second-order valence-electron chi connectivity index (χ2n) is 7.32. The zero-order valence-electron chi connectivity index (χ0n) is 15.3. The number of aromatic nitrogens is 2. The van der Waals surface area contributed by atoms with Crippen molar-refractivity contribution < 1.29 is 4.79 Å². The number of likely N-dealkylation sites (N-methyl/N-ethyl adjacent to an activating group) is 1. The Morgan fingerprint density at radius 2 is 1.92 bits per heavy atom. The molecule has 3 heterocycles. The molecule has 1 fully saturated rings. The first kappa shape index (κ1) is 16.3. The maximum Gasteiger partial charge on any atom is 0.240 e. The van der Waals surface area contributed by atoms with E-state index in [1.807, 2.05) is 11.8 Å². The van der Waals surface area contributed by atoms with Gasteiger partial charge in [0.05, 0.1) is 17.8 Å². The zero-order chi connectivity index (χ0) is 17.6.